The van der Waals surface area contributed by atoms with E-state index in [9.17, 15) is 23.5 Å². The normalized spacial score (nSPS) is 34.1. The number of benzene rings is 1. The molecule has 10 rings (SSSR count). The Bertz CT molecular complexity index is 1750. The van der Waals surface area contributed by atoms with Crippen LogP contribution in [0.15, 0.2) is 24.4 Å². The number of nitrogens with one attached hydrogen (secondary N) is 1. The van der Waals surface area contributed by atoms with Crippen LogP contribution in [0.2, 0.25) is 0 Å². The maximum Gasteiger partial charge on any atom is 0.330 e. The second kappa shape index (κ2) is 12.5. The summed E-state index contributed by atoms with van der Waals surface area (Å²) in [5.74, 6) is -6.95. The molecule has 53 heavy (non-hydrogen) atoms. The molecule has 8 aliphatic rings. The standard InChI is InChI=1S/C39H47F4N5O5/c1-36(40,41)32-29(33(49)46-39(34(50)51)24-13-22-12-23(15-24)16-25(39)14-22)18-44-35(45-32)48-19-37(8-10-52-11-9-37)30-17-28(6-7-31(30)48)53-27-4-2-26(3-5-27)47-20-38(42,43)21-47/h6-7,17-18,22-27H,2-5,8-16,19-21H2,1H3,(H,46,49)(H,50,51)/t22?,23?,24?,25?,26-,27-,39?. The lowest BCUT2D eigenvalue weighted by Gasteiger charge is -2.59. The van der Waals surface area contributed by atoms with Crippen LogP contribution in [-0.2, 0) is 20.9 Å². The summed E-state index contributed by atoms with van der Waals surface area (Å²) in [6.45, 7) is 1.85. The molecule has 0 atom stereocenters. The van der Waals surface area contributed by atoms with Gasteiger partial charge >= 0.3 is 5.97 Å². The van der Waals surface area contributed by atoms with Crippen LogP contribution in [0.25, 0.3) is 0 Å². The number of nitrogens with zero attached hydrogens (tertiary/aromatic N) is 4. The number of fused-ring (bicyclic) bond motifs is 2. The lowest BCUT2D eigenvalue weighted by atomic mass is 9.48. The van der Waals surface area contributed by atoms with E-state index in [1.807, 2.05) is 28.0 Å². The molecule has 1 spiro atoms. The number of aromatic nitrogens is 2. The monoisotopic (exact) mass is 741 g/mol. The summed E-state index contributed by atoms with van der Waals surface area (Å²) in [6.07, 6.45) is 9.57. The molecule has 10 nitrogen and oxygen atoms in total. The molecule has 1 aromatic carbocycles. The molecule has 3 aliphatic heterocycles. The molecular weight excluding hydrogens is 694 g/mol. The maximum absolute atomic E-state index is 15.4. The summed E-state index contributed by atoms with van der Waals surface area (Å²) in [5, 5.41) is 13.3. The Labute approximate surface area is 306 Å². The van der Waals surface area contributed by atoms with Gasteiger partial charge in [0, 0.05) is 50.0 Å². The van der Waals surface area contributed by atoms with Gasteiger partial charge in [-0.1, -0.05) is 0 Å². The highest BCUT2D eigenvalue weighted by Crippen LogP contribution is 2.58. The number of carboxylic acid groups (broad SMARTS) is 1. The van der Waals surface area contributed by atoms with Crippen LogP contribution in [0.3, 0.4) is 0 Å². The minimum atomic E-state index is -3.52. The fourth-order valence-electron chi connectivity index (χ4n) is 11.4. The summed E-state index contributed by atoms with van der Waals surface area (Å²) in [6, 6.07) is 5.94. The van der Waals surface area contributed by atoms with E-state index < -0.39 is 40.5 Å². The molecular formula is C39H47F4N5O5. The number of carbonyl (C=O) groups is 2. The van der Waals surface area contributed by atoms with E-state index in [0.29, 0.717) is 82.8 Å². The molecule has 5 aliphatic carbocycles. The van der Waals surface area contributed by atoms with Crippen LogP contribution >= 0.6 is 0 Å². The minimum Gasteiger partial charge on any atom is -0.490 e. The summed E-state index contributed by atoms with van der Waals surface area (Å²) < 4.78 is 69.9. The molecule has 2 N–H and O–H groups in total. The molecule has 4 bridgehead atoms. The highest BCUT2D eigenvalue weighted by Gasteiger charge is 2.62. The van der Waals surface area contributed by atoms with E-state index in [-0.39, 0.29) is 48.4 Å². The zero-order valence-corrected chi connectivity index (χ0v) is 30.0. The molecule has 2 saturated heterocycles. The Balaban J connectivity index is 0.976. The first kappa shape index (κ1) is 35.2. The molecule has 286 valence electrons. The molecule has 0 unspecified atom stereocenters. The molecule has 1 aromatic heterocycles. The van der Waals surface area contributed by atoms with E-state index in [0.717, 1.165) is 49.6 Å². The Hall–Kier alpha value is -3.52. The number of rotatable bonds is 8. The molecule has 2 aromatic rings. The van der Waals surface area contributed by atoms with Gasteiger partial charge in [0.15, 0.2) is 0 Å². The Morgan fingerprint density at radius 3 is 2.25 bits per heavy atom. The third kappa shape index (κ3) is 5.97. The van der Waals surface area contributed by atoms with Crippen molar-refractivity contribution >= 4 is 23.5 Å². The Morgan fingerprint density at radius 1 is 0.981 bits per heavy atom. The third-order valence-corrected chi connectivity index (χ3v) is 13.9. The number of likely N-dealkylation sites (tertiary alicyclic amines) is 1. The van der Waals surface area contributed by atoms with Crippen molar-refractivity contribution in [3.8, 4) is 5.75 Å². The molecule has 0 radical (unpaired) electrons. The zero-order chi connectivity index (χ0) is 36.9. The molecule has 4 heterocycles. The third-order valence-electron chi connectivity index (χ3n) is 13.9. The van der Waals surface area contributed by atoms with Gasteiger partial charge in [0.2, 0.25) is 5.95 Å². The van der Waals surface area contributed by atoms with Gasteiger partial charge < -0.3 is 24.8 Å². The average molecular weight is 742 g/mol. The number of anilines is 2. The van der Waals surface area contributed by atoms with Crippen molar-refractivity contribution in [3.63, 3.8) is 0 Å². The van der Waals surface area contributed by atoms with Crippen molar-refractivity contribution in [1.82, 2.24) is 20.2 Å². The van der Waals surface area contributed by atoms with Gasteiger partial charge in [-0.25, -0.2) is 23.5 Å². The van der Waals surface area contributed by atoms with Gasteiger partial charge in [-0.3, -0.25) is 9.69 Å². The van der Waals surface area contributed by atoms with Crippen LogP contribution in [-0.4, -0.2) is 88.3 Å². The molecule has 14 heteroatoms. The van der Waals surface area contributed by atoms with Crippen molar-refractivity contribution in [2.45, 2.75) is 112 Å². The van der Waals surface area contributed by atoms with E-state index in [1.165, 1.54) is 0 Å². The van der Waals surface area contributed by atoms with Crippen molar-refractivity contribution in [2.24, 2.45) is 23.7 Å². The van der Waals surface area contributed by atoms with Crippen LogP contribution in [0.5, 0.6) is 5.75 Å². The zero-order valence-electron chi connectivity index (χ0n) is 30.0. The van der Waals surface area contributed by atoms with E-state index in [4.69, 9.17) is 9.47 Å². The van der Waals surface area contributed by atoms with Crippen LogP contribution in [0, 0.1) is 23.7 Å². The number of alkyl halides is 4. The van der Waals surface area contributed by atoms with Crippen molar-refractivity contribution < 1.29 is 41.7 Å². The van der Waals surface area contributed by atoms with Gasteiger partial charge in [0.25, 0.3) is 17.8 Å². The van der Waals surface area contributed by atoms with Gasteiger partial charge in [-0.15, -0.1) is 0 Å². The fraction of sp³-hybridized carbons (Fsp3) is 0.692. The topological polar surface area (TPSA) is 117 Å². The number of halogens is 4. The number of carboxylic acids is 1. The molecule has 1 amide bonds. The van der Waals surface area contributed by atoms with E-state index >= 15 is 8.78 Å². The first-order valence-corrected chi connectivity index (χ1v) is 19.3. The second-order valence-electron chi connectivity index (χ2n) is 17.2. The Morgan fingerprint density at radius 2 is 1.64 bits per heavy atom. The predicted octanol–water partition coefficient (Wildman–Crippen LogP) is 6.44. The van der Waals surface area contributed by atoms with E-state index in [1.54, 1.807) is 0 Å². The fourth-order valence-corrected chi connectivity index (χ4v) is 11.4. The summed E-state index contributed by atoms with van der Waals surface area (Å²) >= 11 is 0. The number of hydrogen-bond acceptors (Lipinski definition) is 8. The van der Waals surface area contributed by atoms with Crippen LogP contribution < -0.4 is 15.0 Å². The summed E-state index contributed by atoms with van der Waals surface area (Å²) in [7, 11) is 0. The second-order valence-corrected chi connectivity index (χ2v) is 17.2. The van der Waals surface area contributed by atoms with Crippen LogP contribution in [0.4, 0.5) is 29.2 Å². The Kier molecular flexibility index (Phi) is 8.31. The SMILES string of the molecule is CC(F)(F)c1nc(N2CC3(CCOCC3)c3cc(O[C@H]4CC[C@H](N5CC(F)(F)C5)CC4)ccc32)ncc1C(=O)NC1(C(=O)O)C2CC3CC(C2)CC1C3. The summed E-state index contributed by atoms with van der Waals surface area (Å²) in [4.78, 5) is 39.4. The van der Waals surface area contributed by atoms with Crippen molar-refractivity contribution in [2.75, 3.05) is 37.7 Å². The lowest BCUT2D eigenvalue weighted by molar-refractivity contribution is -0.163. The maximum atomic E-state index is 15.4. The highest BCUT2D eigenvalue weighted by atomic mass is 19.3. The van der Waals surface area contributed by atoms with Crippen molar-refractivity contribution in [1.29, 1.82) is 0 Å². The van der Waals surface area contributed by atoms with Gasteiger partial charge in [-0.2, -0.15) is 8.78 Å². The highest BCUT2D eigenvalue weighted by molar-refractivity contribution is 5.99. The van der Waals surface area contributed by atoms with Gasteiger partial charge in [-0.05, 0) is 118 Å². The minimum absolute atomic E-state index is 0.0359. The van der Waals surface area contributed by atoms with Gasteiger partial charge in [0.1, 0.15) is 17.0 Å². The largest absolute Gasteiger partial charge is 0.490 e. The number of hydrogen-bond donors (Lipinski definition) is 2. The summed E-state index contributed by atoms with van der Waals surface area (Å²) in [5.41, 5.74) is -1.26. The quantitative estimate of drug-likeness (QED) is 0.295. The first-order valence-electron chi connectivity index (χ1n) is 19.3. The van der Waals surface area contributed by atoms with Crippen LogP contribution in [0.1, 0.15) is 99.2 Å². The van der Waals surface area contributed by atoms with Gasteiger partial charge in [0.05, 0.1) is 24.8 Å². The average Bonchev–Trinajstić information content (AvgIpc) is 3.40. The van der Waals surface area contributed by atoms with Crippen molar-refractivity contribution in [3.05, 3.63) is 41.2 Å². The smallest absolute Gasteiger partial charge is 0.330 e. The number of ether oxygens (including phenoxy) is 2. The lowest BCUT2D eigenvalue weighted by Crippen LogP contribution is -2.70. The number of aliphatic carboxylic acids is 1. The number of amides is 1. The molecule has 5 saturated carbocycles. The van der Waals surface area contributed by atoms with E-state index in [2.05, 4.69) is 15.3 Å². The predicted molar refractivity (Wildman–Crippen MR) is 185 cm³/mol. The molecule has 7 fully saturated rings. The number of carbonyl (C=O) groups excluding carboxylic acids is 1. The first-order chi connectivity index (χ1) is 25.2.